The first-order valence-electron chi connectivity index (χ1n) is 6.93. The van der Waals surface area contributed by atoms with Crippen LogP contribution in [0.1, 0.15) is 0 Å². The first kappa shape index (κ1) is 13.7. The minimum Gasteiger partial charge on any atom is -0.306 e. The Balaban J connectivity index is 2.15. The zero-order chi connectivity index (χ0) is 16.0. The minimum atomic E-state index is -0.525. The summed E-state index contributed by atoms with van der Waals surface area (Å²) in [7, 11) is 0. The van der Waals surface area contributed by atoms with Crippen LogP contribution in [0.15, 0.2) is 64.4 Å². The fraction of sp³-hybridized carbons (Fsp3) is 0. The average molecular weight is 324 g/mol. The number of pyridine rings is 1. The van der Waals surface area contributed by atoms with Crippen LogP contribution >= 0.6 is 11.6 Å². The maximum absolute atomic E-state index is 12.8. The van der Waals surface area contributed by atoms with Crippen LogP contribution in [-0.4, -0.2) is 14.5 Å². The van der Waals surface area contributed by atoms with Crippen molar-refractivity contribution < 1.29 is 0 Å². The number of H-pyrrole nitrogens is 1. The average Bonchev–Trinajstić information content (AvgIpc) is 2.54. The lowest BCUT2D eigenvalue weighted by Gasteiger charge is -2.09. The van der Waals surface area contributed by atoms with E-state index in [4.69, 9.17) is 11.6 Å². The molecule has 0 atom stereocenters. The molecule has 4 rings (SSSR count). The van der Waals surface area contributed by atoms with Gasteiger partial charge in [0.1, 0.15) is 0 Å². The van der Waals surface area contributed by atoms with Crippen LogP contribution in [0, 0.1) is 0 Å². The molecule has 112 valence electrons. The van der Waals surface area contributed by atoms with Crippen LogP contribution in [0.2, 0.25) is 5.02 Å². The molecule has 0 saturated carbocycles. The number of nitrogens with zero attached hydrogens (tertiary/aromatic N) is 2. The maximum Gasteiger partial charge on any atom is 0.333 e. The van der Waals surface area contributed by atoms with Gasteiger partial charge in [-0.2, -0.15) is 0 Å². The molecular weight excluding hydrogens is 314 g/mol. The van der Waals surface area contributed by atoms with Crippen LogP contribution in [0.3, 0.4) is 0 Å². The maximum atomic E-state index is 12.8. The molecule has 0 aliphatic carbocycles. The molecule has 0 saturated heterocycles. The zero-order valence-electron chi connectivity index (χ0n) is 11.8. The predicted octanol–water partition coefficient (Wildman–Crippen LogP) is 2.88. The number of aromatic nitrogens is 3. The molecule has 0 aliphatic heterocycles. The zero-order valence-corrected chi connectivity index (χ0v) is 12.5. The number of hydrogen-bond acceptors (Lipinski definition) is 3. The van der Waals surface area contributed by atoms with E-state index < -0.39 is 11.2 Å². The molecule has 2 heterocycles. The Morgan fingerprint density at radius 1 is 1.00 bits per heavy atom. The van der Waals surface area contributed by atoms with E-state index in [1.54, 1.807) is 24.4 Å². The van der Waals surface area contributed by atoms with E-state index in [1.807, 2.05) is 24.3 Å². The normalized spacial score (nSPS) is 11.2. The summed E-state index contributed by atoms with van der Waals surface area (Å²) in [5.41, 5.74) is -0.0652. The lowest BCUT2D eigenvalue weighted by molar-refractivity contribution is 0.902. The summed E-state index contributed by atoms with van der Waals surface area (Å²) in [6.45, 7) is 0. The largest absolute Gasteiger partial charge is 0.333 e. The molecule has 4 aromatic rings. The summed E-state index contributed by atoms with van der Waals surface area (Å²) < 4.78 is 1.10. The predicted molar refractivity (Wildman–Crippen MR) is 90.5 cm³/mol. The Hall–Kier alpha value is -2.92. The lowest BCUT2D eigenvalue weighted by atomic mass is 10.1. The van der Waals surface area contributed by atoms with E-state index in [0.29, 0.717) is 21.6 Å². The van der Waals surface area contributed by atoms with Crippen molar-refractivity contribution in [1.29, 1.82) is 0 Å². The Labute approximate surface area is 134 Å². The molecule has 5 nitrogen and oxygen atoms in total. The summed E-state index contributed by atoms with van der Waals surface area (Å²) in [5.74, 6) is 0. The van der Waals surface area contributed by atoms with Crippen LogP contribution in [0.5, 0.6) is 0 Å². The molecular formula is C17H10ClN3O2. The number of nitrogens with one attached hydrogen (secondary N) is 1. The number of aromatic amines is 1. The molecule has 0 amide bonds. The van der Waals surface area contributed by atoms with E-state index in [2.05, 4.69) is 9.97 Å². The molecule has 0 fully saturated rings. The summed E-state index contributed by atoms with van der Waals surface area (Å²) in [6, 6.07) is 12.2. The van der Waals surface area contributed by atoms with E-state index in [0.717, 1.165) is 15.3 Å². The van der Waals surface area contributed by atoms with Crippen LogP contribution < -0.4 is 11.2 Å². The first-order valence-corrected chi connectivity index (χ1v) is 7.31. The van der Waals surface area contributed by atoms with Crippen molar-refractivity contribution in [3.63, 3.8) is 0 Å². The van der Waals surface area contributed by atoms with Gasteiger partial charge in [-0.25, -0.2) is 9.36 Å². The van der Waals surface area contributed by atoms with Gasteiger partial charge in [0, 0.05) is 22.0 Å². The summed E-state index contributed by atoms with van der Waals surface area (Å²) >= 11 is 5.92. The Kier molecular flexibility index (Phi) is 3.02. The van der Waals surface area contributed by atoms with Crippen molar-refractivity contribution in [2.45, 2.75) is 0 Å². The Morgan fingerprint density at radius 2 is 1.83 bits per heavy atom. The third-order valence-corrected chi connectivity index (χ3v) is 3.98. The molecule has 1 N–H and O–H groups in total. The van der Waals surface area contributed by atoms with Gasteiger partial charge in [0.2, 0.25) is 0 Å². The van der Waals surface area contributed by atoms with E-state index in [1.165, 1.54) is 6.20 Å². The third-order valence-electron chi connectivity index (χ3n) is 3.75. The van der Waals surface area contributed by atoms with Gasteiger partial charge in [-0.05, 0) is 18.2 Å². The van der Waals surface area contributed by atoms with Crippen molar-refractivity contribution in [2.24, 2.45) is 0 Å². The minimum absolute atomic E-state index is 0.391. The van der Waals surface area contributed by atoms with Crippen LogP contribution in [0.25, 0.3) is 27.4 Å². The first-order chi connectivity index (χ1) is 11.1. The fourth-order valence-corrected chi connectivity index (χ4v) is 2.86. The number of benzene rings is 2. The summed E-state index contributed by atoms with van der Waals surface area (Å²) in [5, 5.41) is 2.48. The monoisotopic (exact) mass is 323 g/mol. The molecule has 2 aromatic heterocycles. The number of fused-ring (bicyclic) bond motifs is 2. The fourth-order valence-electron chi connectivity index (χ4n) is 2.69. The molecule has 0 radical (unpaired) electrons. The Morgan fingerprint density at radius 3 is 2.70 bits per heavy atom. The highest BCUT2D eigenvalue weighted by Crippen LogP contribution is 2.19. The van der Waals surface area contributed by atoms with Crippen LogP contribution in [-0.2, 0) is 0 Å². The van der Waals surface area contributed by atoms with Gasteiger partial charge < -0.3 is 4.98 Å². The van der Waals surface area contributed by atoms with E-state index in [-0.39, 0.29) is 0 Å². The molecule has 0 spiro atoms. The van der Waals surface area contributed by atoms with Gasteiger partial charge in [0.15, 0.2) is 0 Å². The van der Waals surface area contributed by atoms with Crippen molar-refractivity contribution in [1.82, 2.24) is 14.5 Å². The van der Waals surface area contributed by atoms with Gasteiger partial charge in [-0.1, -0.05) is 35.9 Å². The number of halogens is 1. The van der Waals surface area contributed by atoms with Crippen molar-refractivity contribution >= 4 is 33.3 Å². The highest BCUT2D eigenvalue weighted by Gasteiger charge is 2.12. The molecule has 0 aliphatic rings. The van der Waals surface area contributed by atoms with E-state index in [9.17, 15) is 9.59 Å². The third kappa shape index (κ3) is 2.13. The second-order valence-corrected chi connectivity index (χ2v) is 5.58. The molecule has 0 unspecified atom stereocenters. The van der Waals surface area contributed by atoms with Crippen molar-refractivity contribution in [3.8, 4) is 5.69 Å². The van der Waals surface area contributed by atoms with E-state index >= 15 is 0 Å². The molecule has 6 heteroatoms. The summed E-state index contributed by atoms with van der Waals surface area (Å²) in [4.78, 5) is 32.1. The second kappa shape index (κ2) is 5.07. The second-order valence-electron chi connectivity index (χ2n) is 5.14. The highest BCUT2D eigenvalue weighted by molar-refractivity contribution is 6.31. The SMILES string of the molecule is O=c1[nH]c2cc(Cl)ccc2c(=O)n1-c1cncc2ccccc12. The van der Waals surface area contributed by atoms with Gasteiger partial charge in [0.25, 0.3) is 5.56 Å². The molecule has 2 aromatic carbocycles. The lowest BCUT2D eigenvalue weighted by Crippen LogP contribution is -2.33. The topological polar surface area (TPSA) is 67.8 Å². The summed E-state index contributed by atoms with van der Waals surface area (Å²) in [6.07, 6.45) is 3.21. The van der Waals surface area contributed by atoms with Gasteiger partial charge in [0.05, 0.1) is 22.8 Å². The van der Waals surface area contributed by atoms with Crippen LogP contribution in [0.4, 0.5) is 0 Å². The number of rotatable bonds is 1. The smallest absolute Gasteiger partial charge is 0.306 e. The molecule has 23 heavy (non-hydrogen) atoms. The van der Waals surface area contributed by atoms with Crippen molar-refractivity contribution in [2.75, 3.05) is 0 Å². The van der Waals surface area contributed by atoms with Gasteiger partial charge >= 0.3 is 5.69 Å². The molecule has 0 bridgehead atoms. The highest BCUT2D eigenvalue weighted by atomic mass is 35.5. The van der Waals surface area contributed by atoms with Gasteiger partial charge in [-0.15, -0.1) is 0 Å². The quantitative estimate of drug-likeness (QED) is 0.585. The number of hydrogen-bond donors (Lipinski definition) is 1. The Bertz CT molecular complexity index is 1170. The standard InChI is InChI=1S/C17H10ClN3O2/c18-11-5-6-13-14(7-11)20-17(23)21(16(13)22)15-9-19-8-10-3-1-2-4-12(10)15/h1-9H,(H,20,23). The van der Waals surface area contributed by atoms with Crippen molar-refractivity contribution in [3.05, 3.63) is 80.7 Å². The van der Waals surface area contributed by atoms with Gasteiger partial charge in [-0.3, -0.25) is 9.78 Å².